The highest BCUT2D eigenvalue weighted by Gasteiger charge is 2.27. The number of aromatic nitrogens is 2. The number of piperidine rings is 1. The fourth-order valence-electron chi connectivity index (χ4n) is 3.81. The third-order valence-corrected chi connectivity index (χ3v) is 5.06. The Morgan fingerprint density at radius 3 is 2.60 bits per heavy atom. The number of fused-ring (bicyclic) bond motifs is 1. The molecule has 0 radical (unpaired) electrons. The fraction of sp³-hybridized carbons (Fsp3) is 0.333. The lowest BCUT2D eigenvalue weighted by molar-refractivity contribution is 0.185. The molecule has 0 spiro atoms. The summed E-state index contributed by atoms with van der Waals surface area (Å²) in [4.78, 5) is 11.3. The highest BCUT2D eigenvalue weighted by Crippen LogP contribution is 2.38. The second kappa shape index (κ2) is 6.81. The molecule has 4 nitrogen and oxygen atoms in total. The minimum absolute atomic E-state index is 0.0145. The van der Waals surface area contributed by atoms with E-state index in [0.29, 0.717) is 11.3 Å². The van der Waals surface area contributed by atoms with Crippen LogP contribution in [0, 0.1) is 6.92 Å². The van der Waals surface area contributed by atoms with Crippen LogP contribution in [0.25, 0.3) is 10.9 Å². The van der Waals surface area contributed by atoms with Crippen LogP contribution in [0.2, 0.25) is 0 Å². The van der Waals surface area contributed by atoms with Crippen LogP contribution in [0.5, 0.6) is 5.75 Å². The standard InChI is InChI=1S/C21H23N3O/c1-15-7-8-16-9-10-18(21(25)19(16)23-15)20(17-6-5-11-22-14-17)24-12-3-2-4-13-24/h5-11,14,20,25H,2-4,12-13H2,1H3. The van der Waals surface area contributed by atoms with Crippen LogP contribution in [-0.2, 0) is 0 Å². The predicted molar refractivity (Wildman–Crippen MR) is 99.6 cm³/mol. The summed E-state index contributed by atoms with van der Waals surface area (Å²) < 4.78 is 0. The minimum atomic E-state index is 0.0145. The Bertz CT molecular complexity index is 873. The fourth-order valence-corrected chi connectivity index (χ4v) is 3.81. The number of hydrogen-bond donors (Lipinski definition) is 1. The lowest BCUT2D eigenvalue weighted by Crippen LogP contribution is -2.34. The van der Waals surface area contributed by atoms with Crippen LogP contribution in [0.4, 0.5) is 0 Å². The average molecular weight is 333 g/mol. The Morgan fingerprint density at radius 2 is 1.84 bits per heavy atom. The van der Waals surface area contributed by atoms with Crippen LogP contribution < -0.4 is 0 Å². The van der Waals surface area contributed by atoms with Gasteiger partial charge in [-0.15, -0.1) is 0 Å². The largest absolute Gasteiger partial charge is 0.505 e. The summed E-state index contributed by atoms with van der Waals surface area (Å²) in [6.07, 6.45) is 7.38. The van der Waals surface area contributed by atoms with E-state index in [9.17, 15) is 5.11 Å². The molecule has 0 saturated carbocycles. The SMILES string of the molecule is Cc1ccc2ccc(C(c3cccnc3)N3CCCCC3)c(O)c2n1. The van der Waals surface area contributed by atoms with E-state index in [2.05, 4.69) is 27.0 Å². The van der Waals surface area contributed by atoms with Gasteiger partial charge in [-0.05, 0) is 50.6 Å². The van der Waals surface area contributed by atoms with Gasteiger partial charge in [0.1, 0.15) is 11.3 Å². The molecule has 4 heteroatoms. The van der Waals surface area contributed by atoms with Gasteiger partial charge in [0.15, 0.2) is 0 Å². The van der Waals surface area contributed by atoms with Crippen molar-refractivity contribution in [1.29, 1.82) is 0 Å². The summed E-state index contributed by atoms with van der Waals surface area (Å²) in [6, 6.07) is 12.2. The van der Waals surface area contributed by atoms with Gasteiger partial charge in [0.25, 0.3) is 0 Å². The molecule has 4 rings (SSSR count). The molecule has 128 valence electrons. The lowest BCUT2D eigenvalue weighted by atomic mass is 9.94. The normalized spacial score (nSPS) is 16.8. The molecule has 1 fully saturated rings. The van der Waals surface area contributed by atoms with Crippen molar-refractivity contribution in [2.45, 2.75) is 32.2 Å². The third-order valence-electron chi connectivity index (χ3n) is 5.06. The molecular formula is C21H23N3O. The summed E-state index contributed by atoms with van der Waals surface area (Å²) in [7, 11) is 0. The van der Waals surface area contributed by atoms with Gasteiger partial charge in [-0.1, -0.05) is 30.7 Å². The number of benzene rings is 1. The maximum absolute atomic E-state index is 11.0. The summed E-state index contributed by atoms with van der Waals surface area (Å²) in [5, 5.41) is 12.0. The Balaban J connectivity index is 1.86. The van der Waals surface area contributed by atoms with Gasteiger partial charge in [-0.25, -0.2) is 4.98 Å². The molecule has 3 heterocycles. The Labute approximate surface area is 148 Å². The zero-order valence-electron chi connectivity index (χ0n) is 14.5. The highest BCUT2D eigenvalue weighted by molar-refractivity contribution is 5.86. The predicted octanol–water partition coefficient (Wildman–Crippen LogP) is 4.22. The number of pyridine rings is 2. The molecule has 2 aromatic heterocycles. The van der Waals surface area contributed by atoms with Crippen molar-refractivity contribution in [2.24, 2.45) is 0 Å². The van der Waals surface area contributed by atoms with E-state index in [0.717, 1.165) is 35.3 Å². The zero-order valence-corrected chi connectivity index (χ0v) is 14.5. The van der Waals surface area contributed by atoms with Crippen LogP contribution in [0.3, 0.4) is 0 Å². The van der Waals surface area contributed by atoms with Gasteiger partial charge in [-0.2, -0.15) is 0 Å². The second-order valence-corrected chi connectivity index (χ2v) is 6.81. The number of phenols is 1. The maximum atomic E-state index is 11.0. The van der Waals surface area contributed by atoms with Gasteiger partial charge in [0.2, 0.25) is 0 Å². The number of phenolic OH excluding ortho intramolecular Hbond substituents is 1. The van der Waals surface area contributed by atoms with Crippen LogP contribution in [0.1, 0.15) is 42.1 Å². The van der Waals surface area contributed by atoms with E-state index in [1.54, 1.807) is 6.20 Å². The summed E-state index contributed by atoms with van der Waals surface area (Å²) in [5.41, 5.74) is 3.63. The van der Waals surface area contributed by atoms with Crippen molar-refractivity contribution in [3.8, 4) is 5.75 Å². The molecular weight excluding hydrogens is 310 g/mol. The maximum Gasteiger partial charge on any atom is 0.146 e. The molecule has 0 aliphatic carbocycles. The first-order chi connectivity index (χ1) is 12.2. The molecule has 0 bridgehead atoms. The monoisotopic (exact) mass is 333 g/mol. The van der Waals surface area contributed by atoms with E-state index in [-0.39, 0.29) is 6.04 Å². The molecule has 3 aromatic rings. The summed E-state index contributed by atoms with van der Waals surface area (Å²) in [6.45, 7) is 4.03. The zero-order chi connectivity index (χ0) is 17.2. The number of aromatic hydroxyl groups is 1. The molecule has 1 atom stereocenters. The number of likely N-dealkylation sites (tertiary alicyclic amines) is 1. The second-order valence-electron chi connectivity index (χ2n) is 6.81. The van der Waals surface area contributed by atoms with Gasteiger partial charge < -0.3 is 5.11 Å². The molecule has 1 N–H and O–H groups in total. The molecule has 1 aliphatic heterocycles. The van der Waals surface area contributed by atoms with E-state index in [1.165, 1.54) is 19.3 Å². The number of nitrogens with zero attached hydrogens (tertiary/aromatic N) is 3. The van der Waals surface area contributed by atoms with Gasteiger partial charge >= 0.3 is 0 Å². The smallest absolute Gasteiger partial charge is 0.146 e. The van der Waals surface area contributed by atoms with Gasteiger partial charge in [-0.3, -0.25) is 9.88 Å². The molecule has 1 aromatic carbocycles. The van der Waals surface area contributed by atoms with Crippen LogP contribution >= 0.6 is 0 Å². The molecule has 1 saturated heterocycles. The summed E-state index contributed by atoms with van der Waals surface area (Å²) in [5.74, 6) is 0.292. The lowest BCUT2D eigenvalue weighted by Gasteiger charge is -2.35. The van der Waals surface area contributed by atoms with E-state index in [1.807, 2.05) is 37.4 Å². The van der Waals surface area contributed by atoms with Crippen molar-refractivity contribution in [2.75, 3.05) is 13.1 Å². The Morgan fingerprint density at radius 1 is 1.04 bits per heavy atom. The first-order valence-electron chi connectivity index (χ1n) is 8.97. The molecule has 0 amide bonds. The van der Waals surface area contributed by atoms with E-state index in [4.69, 9.17) is 0 Å². The Hall–Kier alpha value is -2.46. The van der Waals surface area contributed by atoms with E-state index < -0.39 is 0 Å². The third kappa shape index (κ3) is 3.10. The van der Waals surface area contributed by atoms with Crippen molar-refractivity contribution in [1.82, 2.24) is 14.9 Å². The van der Waals surface area contributed by atoms with Gasteiger partial charge in [0.05, 0.1) is 6.04 Å². The van der Waals surface area contributed by atoms with Gasteiger partial charge in [0, 0.05) is 29.0 Å². The topological polar surface area (TPSA) is 49.2 Å². The average Bonchev–Trinajstić information content (AvgIpc) is 2.66. The minimum Gasteiger partial charge on any atom is -0.505 e. The van der Waals surface area contributed by atoms with Crippen LogP contribution in [0.15, 0.2) is 48.8 Å². The first kappa shape index (κ1) is 16.0. The number of aryl methyl sites for hydroxylation is 1. The number of rotatable bonds is 3. The molecule has 25 heavy (non-hydrogen) atoms. The molecule has 1 aliphatic rings. The number of hydrogen-bond acceptors (Lipinski definition) is 4. The highest BCUT2D eigenvalue weighted by atomic mass is 16.3. The Kier molecular flexibility index (Phi) is 4.36. The van der Waals surface area contributed by atoms with Crippen LogP contribution in [-0.4, -0.2) is 33.1 Å². The summed E-state index contributed by atoms with van der Waals surface area (Å²) >= 11 is 0. The van der Waals surface area contributed by atoms with Crippen molar-refractivity contribution >= 4 is 10.9 Å². The van der Waals surface area contributed by atoms with E-state index >= 15 is 0 Å². The quantitative estimate of drug-likeness (QED) is 0.780. The van der Waals surface area contributed by atoms with Crippen molar-refractivity contribution in [3.05, 3.63) is 65.6 Å². The van der Waals surface area contributed by atoms with Crippen molar-refractivity contribution in [3.63, 3.8) is 0 Å². The molecule has 1 unspecified atom stereocenters. The first-order valence-corrected chi connectivity index (χ1v) is 8.97. The van der Waals surface area contributed by atoms with Crippen molar-refractivity contribution < 1.29 is 5.11 Å².